The van der Waals surface area contributed by atoms with E-state index >= 15 is 0 Å². The topological polar surface area (TPSA) is 128 Å². The molecule has 0 amide bonds. The molecule has 1 N–H and O–H groups in total. The number of rotatable bonds is 6. The molecule has 0 unspecified atom stereocenters. The van der Waals surface area contributed by atoms with E-state index in [1.165, 1.54) is 0 Å². The van der Waals surface area contributed by atoms with E-state index in [1.807, 2.05) is 6.92 Å². The summed E-state index contributed by atoms with van der Waals surface area (Å²) in [4.78, 5) is 36.2. The highest BCUT2D eigenvalue weighted by Crippen LogP contribution is 2.33. The first-order valence-corrected chi connectivity index (χ1v) is 7.27. The highest BCUT2D eigenvalue weighted by atomic mass is 32.1. The van der Waals surface area contributed by atoms with Crippen molar-refractivity contribution in [2.75, 3.05) is 11.9 Å². The van der Waals surface area contributed by atoms with Crippen LogP contribution in [0.15, 0.2) is 16.9 Å². The Balaban J connectivity index is 2.63. The zero-order valence-corrected chi connectivity index (χ0v) is 12.4. The quantitative estimate of drug-likeness (QED) is 0.491. The zero-order valence-electron chi connectivity index (χ0n) is 11.6. The minimum atomic E-state index is -0.774. The zero-order chi connectivity index (χ0) is 16.3. The van der Waals surface area contributed by atoms with Gasteiger partial charge < -0.3 is 5.32 Å². The fourth-order valence-electron chi connectivity index (χ4n) is 1.83. The summed E-state index contributed by atoms with van der Waals surface area (Å²) in [5.74, 6) is 0. The number of nitro benzene ring substituents is 2. The van der Waals surface area contributed by atoms with E-state index in [0.29, 0.717) is 6.54 Å². The molecule has 1 aromatic carbocycles. The van der Waals surface area contributed by atoms with Gasteiger partial charge in [0.25, 0.3) is 16.9 Å². The van der Waals surface area contributed by atoms with E-state index in [4.69, 9.17) is 0 Å². The fraction of sp³-hybridized carbons (Fsp3) is 0.333. The van der Waals surface area contributed by atoms with Crippen LogP contribution in [-0.2, 0) is 0 Å². The Morgan fingerprint density at radius 2 is 2.00 bits per heavy atom. The molecule has 1 heterocycles. The molecule has 0 spiro atoms. The maximum absolute atomic E-state index is 12.0. The van der Waals surface area contributed by atoms with Crippen molar-refractivity contribution in [2.45, 2.75) is 19.8 Å². The lowest BCUT2D eigenvalue weighted by molar-refractivity contribution is -0.392. The molecule has 0 fully saturated rings. The molecule has 0 radical (unpaired) electrons. The molecular formula is C12H12N4O5S. The molecule has 0 saturated carbocycles. The molecule has 116 valence electrons. The minimum Gasteiger partial charge on any atom is -0.361 e. The van der Waals surface area contributed by atoms with Gasteiger partial charge in [0, 0.05) is 12.6 Å². The summed E-state index contributed by atoms with van der Waals surface area (Å²) >= 11 is 0.940. The van der Waals surface area contributed by atoms with Crippen LogP contribution < -0.4 is 10.9 Å². The number of non-ortho nitro benzene ring substituents is 2. The largest absolute Gasteiger partial charge is 0.361 e. The predicted octanol–water partition coefficient (Wildman–Crippen LogP) is 2.68. The maximum Gasteiger partial charge on any atom is 0.294 e. The molecule has 10 heteroatoms. The predicted molar refractivity (Wildman–Crippen MR) is 82.6 cm³/mol. The number of hydrogen-bond donors (Lipinski definition) is 1. The number of unbranched alkanes of at least 4 members (excludes halogenated alkanes) is 1. The number of fused-ring (bicyclic) bond motifs is 1. The van der Waals surface area contributed by atoms with Crippen LogP contribution in [0.4, 0.5) is 16.5 Å². The van der Waals surface area contributed by atoms with E-state index in [-0.39, 0.29) is 15.2 Å². The third-order valence-electron chi connectivity index (χ3n) is 2.90. The van der Waals surface area contributed by atoms with Crippen LogP contribution in [0.2, 0.25) is 0 Å². The number of anilines is 1. The first kappa shape index (κ1) is 15.8. The molecule has 2 aromatic rings. The molecule has 0 saturated heterocycles. The van der Waals surface area contributed by atoms with Crippen LogP contribution in [0.25, 0.3) is 10.1 Å². The minimum absolute atomic E-state index is 0.0783. The third kappa shape index (κ3) is 3.17. The van der Waals surface area contributed by atoms with E-state index in [0.717, 1.165) is 36.3 Å². The maximum atomic E-state index is 12.0. The third-order valence-corrected chi connectivity index (χ3v) is 3.96. The summed E-state index contributed by atoms with van der Waals surface area (Å²) in [6, 6.07) is 1.87. The number of nitrogens with one attached hydrogen (secondary N) is 1. The van der Waals surface area contributed by atoms with Crippen molar-refractivity contribution < 1.29 is 9.85 Å². The van der Waals surface area contributed by atoms with Crippen molar-refractivity contribution in [2.24, 2.45) is 0 Å². The SMILES string of the molecule is CCCCNc1nc(=O)c2cc([N+](=O)[O-])cc([N+](=O)[O-])c2s1. The van der Waals surface area contributed by atoms with Crippen molar-refractivity contribution in [1.82, 2.24) is 4.98 Å². The van der Waals surface area contributed by atoms with Crippen LogP contribution in [0.1, 0.15) is 19.8 Å². The van der Waals surface area contributed by atoms with Crippen molar-refractivity contribution in [3.8, 4) is 0 Å². The second-order valence-corrected chi connectivity index (χ2v) is 5.46. The van der Waals surface area contributed by atoms with Crippen LogP contribution in [0.5, 0.6) is 0 Å². The molecule has 1 aromatic heterocycles. The Bertz CT molecular complexity index is 804. The molecule has 0 atom stereocenters. The van der Waals surface area contributed by atoms with E-state index in [9.17, 15) is 25.0 Å². The second-order valence-electron chi connectivity index (χ2n) is 4.46. The van der Waals surface area contributed by atoms with Gasteiger partial charge >= 0.3 is 0 Å². The van der Waals surface area contributed by atoms with Gasteiger partial charge in [-0.3, -0.25) is 25.0 Å². The van der Waals surface area contributed by atoms with Gasteiger partial charge in [-0.15, -0.1) is 0 Å². The van der Waals surface area contributed by atoms with E-state index in [2.05, 4.69) is 10.3 Å². The average Bonchev–Trinajstić information content (AvgIpc) is 2.46. The summed E-state index contributed by atoms with van der Waals surface area (Å²) in [5, 5.41) is 25.0. The van der Waals surface area contributed by atoms with Crippen molar-refractivity contribution >= 4 is 37.9 Å². The molecule has 0 bridgehead atoms. The Morgan fingerprint density at radius 3 is 2.59 bits per heavy atom. The lowest BCUT2D eigenvalue weighted by Crippen LogP contribution is -2.11. The molecule has 22 heavy (non-hydrogen) atoms. The highest BCUT2D eigenvalue weighted by molar-refractivity contribution is 7.22. The number of benzene rings is 1. The first-order chi connectivity index (χ1) is 10.4. The van der Waals surface area contributed by atoms with Crippen LogP contribution in [0.3, 0.4) is 0 Å². The molecule has 0 aliphatic heterocycles. The standard InChI is InChI=1S/C12H12N4O5S/c1-2-3-4-13-12-14-11(17)8-5-7(15(18)19)6-9(16(20)21)10(8)22-12/h5-6H,2-4H2,1H3,(H,13,14,17). The molecule has 2 rings (SSSR count). The molecule has 0 aliphatic carbocycles. The van der Waals surface area contributed by atoms with Crippen LogP contribution in [0, 0.1) is 20.2 Å². The van der Waals surface area contributed by atoms with Gasteiger partial charge in [-0.25, -0.2) is 0 Å². The summed E-state index contributed by atoms with van der Waals surface area (Å²) < 4.78 is 0.0783. The van der Waals surface area contributed by atoms with Gasteiger partial charge in [-0.2, -0.15) is 4.98 Å². The summed E-state index contributed by atoms with van der Waals surface area (Å²) in [7, 11) is 0. The van der Waals surface area contributed by atoms with Crippen molar-refractivity contribution in [3.05, 3.63) is 42.7 Å². The summed E-state index contributed by atoms with van der Waals surface area (Å²) in [5.41, 5.74) is -1.69. The van der Waals surface area contributed by atoms with Gasteiger partial charge in [0.05, 0.1) is 21.3 Å². The van der Waals surface area contributed by atoms with Crippen LogP contribution in [-0.4, -0.2) is 21.4 Å². The van der Waals surface area contributed by atoms with Gasteiger partial charge in [0.1, 0.15) is 4.70 Å². The smallest absolute Gasteiger partial charge is 0.294 e. The summed E-state index contributed by atoms with van der Waals surface area (Å²) in [6.07, 6.45) is 1.81. The number of nitrogens with zero attached hydrogens (tertiary/aromatic N) is 3. The highest BCUT2D eigenvalue weighted by Gasteiger charge is 2.22. The molecule has 0 aliphatic rings. The Labute approximate surface area is 127 Å². The van der Waals surface area contributed by atoms with Gasteiger partial charge in [-0.05, 0) is 6.42 Å². The second kappa shape index (κ2) is 6.43. The van der Waals surface area contributed by atoms with Crippen molar-refractivity contribution in [1.29, 1.82) is 0 Å². The fourth-order valence-corrected chi connectivity index (χ4v) is 2.82. The monoisotopic (exact) mass is 324 g/mol. The Morgan fingerprint density at radius 1 is 1.27 bits per heavy atom. The average molecular weight is 324 g/mol. The lowest BCUT2D eigenvalue weighted by Gasteiger charge is -2.04. The Hall–Kier alpha value is -2.62. The lowest BCUT2D eigenvalue weighted by atomic mass is 10.2. The van der Waals surface area contributed by atoms with Gasteiger partial charge in [0.15, 0.2) is 5.13 Å². The van der Waals surface area contributed by atoms with E-state index in [1.54, 1.807) is 0 Å². The van der Waals surface area contributed by atoms with Crippen molar-refractivity contribution in [3.63, 3.8) is 0 Å². The number of hydrogen-bond acceptors (Lipinski definition) is 8. The molecular weight excluding hydrogens is 312 g/mol. The van der Waals surface area contributed by atoms with Crippen LogP contribution >= 0.6 is 11.3 Å². The number of aromatic nitrogens is 1. The molecule has 9 nitrogen and oxygen atoms in total. The van der Waals surface area contributed by atoms with Gasteiger partial charge in [-0.1, -0.05) is 24.7 Å². The van der Waals surface area contributed by atoms with Gasteiger partial charge in [0.2, 0.25) is 0 Å². The van der Waals surface area contributed by atoms with E-state index < -0.39 is 26.8 Å². The normalized spacial score (nSPS) is 10.6. The Kier molecular flexibility index (Phi) is 4.61. The first-order valence-electron chi connectivity index (χ1n) is 6.45. The number of nitro groups is 2. The summed E-state index contributed by atoms with van der Waals surface area (Å²) in [6.45, 7) is 2.59.